The van der Waals surface area contributed by atoms with E-state index in [9.17, 15) is 22.8 Å². The fraction of sp³-hybridized carbons (Fsp3) is 0.310. The lowest BCUT2D eigenvalue weighted by molar-refractivity contribution is 0.0697. The molecule has 1 fully saturated rings. The summed E-state index contributed by atoms with van der Waals surface area (Å²) in [7, 11) is 0. The third-order valence-corrected chi connectivity index (χ3v) is 6.43. The quantitative estimate of drug-likeness (QED) is 0.363. The van der Waals surface area contributed by atoms with Gasteiger partial charge in [-0.2, -0.15) is 0 Å². The highest BCUT2D eigenvalue weighted by molar-refractivity contribution is 5.91. The standard InChI is InChI=1S/C29H29F3N2O5/c1-2-38-22-9-10-23(24-16-26(31)27(32)17-25(24)30)20(15-22)18-33-11-3-13-34(29(37)39-14-4-12-33)21-7-5-19(6-8-21)28(35)36/h5-10,15-17H,2-4,11-14,18H2,1H3,(H,35,36). The predicted octanol–water partition coefficient (Wildman–Crippen LogP) is 6.11. The maximum absolute atomic E-state index is 14.7. The second-order valence-electron chi connectivity index (χ2n) is 9.10. The molecule has 0 aliphatic carbocycles. The largest absolute Gasteiger partial charge is 0.494 e. The SMILES string of the molecule is CCOc1ccc(-c2cc(F)c(F)cc2F)c(CN2CCCOC(=O)N(c3ccc(C(=O)O)cc3)CCC2)c1. The summed E-state index contributed by atoms with van der Waals surface area (Å²) in [5.74, 6) is -3.74. The van der Waals surface area contributed by atoms with Gasteiger partial charge in [-0.3, -0.25) is 9.80 Å². The number of ether oxygens (including phenoxy) is 2. The normalized spacial score (nSPS) is 15.1. The Morgan fingerprint density at radius 1 is 0.923 bits per heavy atom. The average molecular weight is 543 g/mol. The summed E-state index contributed by atoms with van der Waals surface area (Å²) in [5, 5.41) is 9.14. The topological polar surface area (TPSA) is 79.3 Å². The van der Waals surface area contributed by atoms with Crippen molar-refractivity contribution in [2.75, 3.05) is 37.7 Å². The van der Waals surface area contributed by atoms with Gasteiger partial charge < -0.3 is 14.6 Å². The van der Waals surface area contributed by atoms with Gasteiger partial charge in [0.1, 0.15) is 11.6 Å². The van der Waals surface area contributed by atoms with Crippen molar-refractivity contribution in [3.63, 3.8) is 0 Å². The molecule has 1 aliphatic rings. The van der Waals surface area contributed by atoms with Crippen molar-refractivity contribution >= 4 is 17.7 Å². The molecule has 1 aliphatic heterocycles. The van der Waals surface area contributed by atoms with E-state index < -0.39 is 29.5 Å². The molecule has 39 heavy (non-hydrogen) atoms. The third kappa shape index (κ3) is 6.88. The number of aromatic carboxylic acids is 1. The second kappa shape index (κ2) is 12.7. The van der Waals surface area contributed by atoms with E-state index in [4.69, 9.17) is 14.6 Å². The van der Waals surface area contributed by atoms with E-state index in [0.29, 0.717) is 74.3 Å². The Kier molecular flexibility index (Phi) is 9.08. The Bertz CT molecular complexity index is 1330. The Morgan fingerprint density at radius 3 is 2.36 bits per heavy atom. The summed E-state index contributed by atoms with van der Waals surface area (Å²) in [6, 6.07) is 12.5. The monoisotopic (exact) mass is 542 g/mol. The number of carbonyl (C=O) groups excluding carboxylic acids is 1. The third-order valence-electron chi connectivity index (χ3n) is 6.43. The highest BCUT2D eigenvalue weighted by atomic mass is 19.2. The van der Waals surface area contributed by atoms with Gasteiger partial charge in [0.05, 0.1) is 18.8 Å². The number of anilines is 1. The molecule has 3 aromatic carbocycles. The number of carboxylic acid groups (broad SMARTS) is 1. The van der Waals surface area contributed by atoms with Gasteiger partial charge in [0.15, 0.2) is 11.6 Å². The fourth-order valence-electron chi connectivity index (χ4n) is 4.55. The minimum absolute atomic E-state index is 0.0436. The number of nitrogens with zero attached hydrogens (tertiary/aromatic N) is 2. The summed E-state index contributed by atoms with van der Waals surface area (Å²) in [6.45, 7) is 4.30. The smallest absolute Gasteiger partial charge is 0.414 e. The molecular formula is C29H29F3N2O5. The molecule has 0 unspecified atom stereocenters. The van der Waals surface area contributed by atoms with Crippen LogP contribution >= 0.6 is 0 Å². The van der Waals surface area contributed by atoms with E-state index in [1.807, 2.05) is 6.92 Å². The van der Waals surface area contributed by atoms with Gasteiger partial charge >= 0.3 is 12.1 Å². The maximum Gasteiger partial charge on any atom is 0.414 e. The van der Waals surface area contributed by atoms with E-state index in [0.717, 1.165) is 6.07 Å². The van der Waals surface area contributed by atoms with E-state index in [-0.39, 0.29) is 17.7 Å². The molecule has 206 valence electrons. The molecule has 4 rings (SSSR count). The zero-order chi connectivity index (χ0) is 27.9. The number of hydrogen-bond donors (Lipinski definition) is 1. The van der Waals surface area contributed by atoms with Crippen LogP contribution in [0.3, 0.4) is 0 Å². The Hall–Kier alpha value is -4.05. The number of halogens is 3. The number of carbonyl (C=O) groups is 2. The zero-order valence-electron chi connectivity index (χ0n) is 21.5. The van der Waals surface area contributed by atoms with Crippen molar-refractivity contribution in [3.8, 4) is 16.9 Å². The molecule has 1 saturated heterocycles. The van der Waals surface area contributed by atoms with Gasteiger partial charge in [0.25, 0.3) is 0 Å². The van der Waals surface area contributed by atoms with E-state index in [2.05, 4.69) is 4.90 Å². The van der Waals surface area contributed by atoms with Crippen LogP contribution in [0.15, 0.2) is 54.6 Å². The van der Waals surface area contributed by atoms with Crippen LogP contribution in [-0.4, -0.2) is 54.9 Å². The first-order valence-corrected chi connectivity index (χ1v) is 12.7. The van der Waals surface area contributed by atoms with Crippen molar-refractivity contribution in [1.29, 1.82) is 0 Å². The van der Waals surface area contributed by atoms with Crippen LogP contribution in [0.4, 0.5) is 23.7 Å². The first kappa shape index (κ1) is 28.0. The number of benzene rings is 3. The Labute approximate surface area is 224 Å². The molecule has 7 nitrogen and oxygen atoms in total. The molecule has 0 atom stereocenters. The van der Waals surface area contributed by atoms with Crippen molar-refractivity contribution in [2.24, 2.45) is 0 Å². The lowest BCUT2D eigenvalue weighted by Crippen LogP contribution is -2.37. The van der Waals surface area contributed by atoms with Crippen LogP contribution in [0.1, 0.15) is 35.7 Å². The molecule has 0 spiro atoms. The number of cyclic esters (lactones) is 1. The Morgan fingerprint density at radius 2 is 1.64 bits per heavy atom. The molecule has 1 heterocycles. The summed E-state index contributed by atoms with van der Waals surface area (Å²) < 4.78 is 53.4. The van der Waals surface area contributed by atoms with E-state index in [1.54, 1.807) is 30.3 Å². The highest BCUT2D eigenvalue weighted by Gasteiger charge is 2.21. The minimum atomic E-state index is -1.25. The molecule has 0 bridgehead atoms. The summed E-state index contributed by atoms with van der Waals surface area (Å²) in [4.78, 5) is 27.4. The first-order valence-electron chi connectivity index (χ1n) is 12.7. The summed E-state index contributed by atoms with van der Waals surface area (Å²) >= 11 is 0. The van der Waals surface area contributed by atoms with Crippen LogP contribution in [0.5, 0.6) is 5.75 Å². The van der Waals surface area contributed by atoms with E-state index >= 15 is 0 Å². The summed E-state index contributed by atoms with van der Waals surface area (Å²) in [6.07, 6.45) is 0.597. The molecule has 0 radical (unpaired) electrons. The summed E-state index contributed by atoms with van der Waals surface area (Å²) in [5.41, 5.74) is 1.71. The number of amides is 1. The first-order chi connectivity index (χ1) is 18.8. The highest BCUT2D eigenvalue weighted by Crippen LogP contribution is 2.32. The van der Waals surface area contributed by atoms with Gasteiger partial charge in [0, 0.05) is 43.5 Å². The van der Waals surface area contributed by atoms with Crippen LogP contribution in [0, 0.1) is 17.5 Å². The number of rotatable bonds is 7. The van der Waals surface area contributed by atoms with Crippen molar-refractivity contribution in [1.82, 2.24) is 4.90 Å². The van der Waals surface area contributed by atoms with Gasteiger partial charge in [-0.15, -0.1) is 0 Å². The van der Waals surface area contributed by atoms with Gasteiger partial charge in [-0.05, 0) is 73.4 Å². The van der Waals surface area contributed by atoms with Crippen LogP contribution in [0.25, 0.3) is 11.1 Å². The lowest BCUT2D eigenvalue weighted by atomic mass is 9.98. The zero-order valence-corrected chi connectivity index (χ0v) is 21.5. The average Bonchev–Trinajstić information content (AvgIpc) is 2.91. The van der Waals surface area contributed by atoms with Gasteiger partial charge in [-0.1, -0.05) is 6.07 Å². The van der Waals surface area contributed by atoms with E-state index in [1.165, 1.54) is 17.0 Å². The molecule has 0 aromatic heterocycles. The van der Waals surface area contributed by atoms with Crippen molar-refractivity contribution in [3.05, 3.63) is 83.2 Å². The molecule has 1 amide bonds. The van der Waals surface area contributed by atoms with Crippen molar-refractivity contribution in [2.45, 2.75) is 26.3 Å². The Balaban J connectivity index is 1.56. The molecule has 10 heteroatoms. The lowest BCUT2D eigenvalue weighted by Gasteiger charge is -2.28. The van der Waals surface area contributed by atoms with Crippen LogP contribution in [0.2, 0.25) is 0 Å². The molecular weight excluding hydrogens is 513 g/mol. The number of hydrogen-bond acceptors (Lipinski definition) is 5. The predicted molar refractivity (Wildman–Crippen MR) is 140 cm³/mol. The minimum Gasteiger partial charge on any atom is -0.494 e. The van der Waals surface area contributed by atoms with Gasteiger partial charge in [0.2, 0.25) is 0 Å². The fourth-order valence-corrected chi connectivity index (χ4v) is 4.55. The maximum atomic E-state index is 14.7. The number of carboxylic acids is 1. The second-order valence-corrected chi connectivity index (χ2v) is 9.10. The van der Waals surface area contributed by atoms with Crippen LogP contribution in [-0.2, 0) is 11.3 Å². The van der Waals surface area contributed by atoms with Gasteiger partial charge in [-0.25, -0.2) is 22.8 Å². The molecule has 0 saturated carbocycles. The molecule has 1 N–H and O–H groups in total. The molecule has 3 aromatic rings. The van der Waals surface area contributed by atoms with Crippen LogP contribution < -0.4 is 9.64 Å². The van der Waals surface area contributed by atoms with Crippen molar-refractivity contribution < 1.29 is 37.3 Å².